The van der Waals surface area contributed by atoms with Crippen LogP contribution in [0.5, 0.6) is 0 Å². The van der Waals surface area contributed by atoms with Gasteiger partial charge in [-0.2, -0.15) is 4.98 Å². The lowest BCUT2D eigenvalue weighted by atomic mass is 10.6. The largest absolute Gasteiger partial charge is 0.336 e. The van der Waals surface area contributed by atoms with E-state index in [9.17, 15) is 4.79 Å². The molecule has 0 aromatic carbocycles. The van der Waals surface area contributed by atoms with E-state index in [4.69, 9.17) is 0 Å². The maximum absolute atomic E-state index is 11.9. The van der Waals surface area contributed by atoms with Gasteiger partial charge in [-0.15, -0.1) is 31.5 Å². The summed E-state index contributed by atoms with van der Waals surface area (Å²) >= 11 is 1.83. The molecule has 2 aliphatic heterocycles. The number of rotatable bonds is 3. The monoisotopic (exact) mass is 307 g/mol. The molecule has 0 aliphatic carbocycles. The molecule has 2 amide bonds. The topological polar surface area (TPSA) is 97.0 Å². The van der Waals surface area contributed by atoms with Gasteiger partial charge >= 0.3 is 6.03 Å². The number of nitrogens with one attached hydrogen (secondary N) is 1. The van der Waals surface area contributed by atoms with E-state index < -0.39 is 0 Å². The fraction of sp³-hybridized carbons (Fsp3) is 0.500. The van der Waals surface area contributed by atoms with E-state index in [0.717, 1.165) is 18.2 Å². The second kappa shape index (κ2) is 4.91. The van der Waals surface area contributed by atoms with E-state index in [0.29, 0.717) is 25.0 Å². The standard InChI is InChI=1S/C10H13N9OS/c20-10-11-1-3-17(10)9-13-8(16-5-6-21-7-16)14-19(9)18-4-2-12-15-18/h2,4H,1,3,5-7H2,(H,11,20). The summed E-state index contributed by atoms with van der Waals surface area (Å²) in [5.74, 6) is 2.96. The molecule has 2 aromatic rings. The third-order valence-corrected chi connectivity index (χ3v) is 4.27. The first-order chi connectivity index (χ1) is 10.3. The number of anilines is 2. The average molecular weight is 307 g/mol. The summed E-state index contributed by atoms with van der Waals surface area (Å²) in [6.07, 6.45) is 3.22. The van der Waals surface area contributed by atoms with Crippen LogP contribution in [0.1, 0.15) is 0 Å². The molecule has 0 atom stereocenters. The van der Waals surface area contributed by atoms with Crippen molar-refractivity contribution in [2.75, 3.05) is 41.1 Å². The summed E-state index contributed by atoms with van der Waals surface area (Å²) in [5.41, 5.74) is 0. The minimum atomic E-state index is -0.175. The molecule has 4 rings (SSSR count). The molecule has 2 saturated heterocycles. The lowest BCUT2D eigenvalue weighted by Gasteiger charge is -2.12. The van der Waals surface area contributed by atoms with Gasteiger partial charge in [0.2, 0.25) is 5.95 Å². The number of carbonyl (C=O) groups is 1. The van der Waals surface area contributed by atoms with Gasteiger partial charge in [0.15, 0.2) is 0 Å². The van der Waals surface area contributed by atoms with Crippen molar-refractivity contribution < 1.29 is 4.79 Å². The number of hydrogen-bond acceptors (Lipinski definition) is 7. The minimum absolute atomic E-state index is 0.175. The number of carbonyl (C=O) groups excluding carboxylic acids is 1. The van der Waals surface area contributed by atoms with Gasteiger partial charge in [0.05, 0.1) is 18.3 Å². The number of amides is 2. The molecule has 0 unspecified atom stereocenters. The maximum atomic E-state index is 11.9. The fourth-order valence-electron chi connectivity index (χ4n) is 2.26. The van der Waals surface area contributed by atoms with Crippen LogP contribution < -0.4 is 15.1 Å². The number of thioether (sulfide) groups is 1. The Balaban J connectivity index is 1.77. The molecule has 10 nitrogen and oxygen atoms in total. The molecule has 1 N–H and O–H groups in total. The van der Waals surface area contributed by atoms with Gasteiger partial charge in [-0.05, 0) is 5.21 Å². The first-order valence-electron chi connectivity index (χ1n) is 6.55. The summed E-state index contributed by atoms with van der Waals surface area (Å²) in [5, 5.41) is 14.9. The molecule has 21 heavy (non-hydrogen) atoms. The van der Waals surface area contributed by atoms with E-state index >= 15 is 0 Å². The predicted molar refractivity (Wildman–Crippen MR) is 76.3 cm³/mol. The first kappa shape index (κ1) is 12.4. The number of urea groups is 1. The molecule has 110 valence electrons. The van der Waals surface area contributed by atoms with Crippen molar-refractivity contribution >= 4 is 29.7 Å². The minimum Gasteiger partial charge on any atom is -0.336 e. The highest BCUT2D eigenvalue weighted by molar-refractivity contribution is 7.99. The van der Waals surface area contributed by atoms with Crippen LogP contribution >= 0.6 is 11.8 Å². The van der Waals surface area contributed by atoms with E-state index in [1.165, 1.54) is 9.58 Å². The van der Waals surface area contributed by atoms with Crippen molar-refractivity contribution in [3.63, 3.8) is 0 Å². The van der Waals surface area contributed by atoms with E-state index in [1.807, 2.05) is 11.8 Å². The molecule has 2 aliphatic rings. The van der Waals surface area contributed by atoms with Crippen molar-refractivity contribution in [1.82, 2.24) is 35.3 Å². The first-order valence-corrected chi connectivity index (χ1v) is 7.70. The van der Waals surface area contributed by atoms with Crippen molar-refractivity contribution in [2.24, 2.45) is 0 Å². The Morgan fingerprint density at radius 2 is 2.29 bits per heavy atom. The van der Waals surface area contributed by atoms with Gasteiger partial charge in [0, 0.05) is 25.4 Å². The van der Waals surface area contributed by atoms with E-state index in [2.05, 4.69) is 30.6 Å². The van der Waals surface area contributed by atoms with E-state index in [1.54, 1.807) is 17.3 Å². The zero-order chi connectivity index (χ0) is 14.2. The molecule has 2 aromatic heterocycles. The zero-order valence-electron chi connectivity index (χ0n) is 11.1. The Labute approximate surface area is 124 Å². The second-order valence-electron chi connectivity index (χ2n) is 4.61. The molecule has 0 bridgehead atoms. The molecular weight excluding hydrogens is 294 g/mol. The summed E-state index contributed by atoms with van der Waals surface area (Å²) in [4.78, 5) is 23.0. The van der Waals surface area contributed by atoms with Gasteiger partial charge in [-0.1, -0.05) is 0 Å². The summed E-state index contributed by atoms with van der Waals surface area (Å²) < 4.78 is 0. The summed E-state index contributed by atoms with van der Waals surface area (Å²) in [6, 6.07) is -0.175. The number of hydrogen-bond donors (Lipinski definition) is 1. The number of aromatic nitrogens is 6. The fourth-order valence-corrected chi connectivity index (χ4v) is 3.21. The summed E-state index contributed by atoms with van der Waals surface area (Å²) in [7, 11) is 0. The van der Waals surface area contributed by atoms with Crippen LogP contribution in [0, 0.1) is 0 Å². The van der Waals surface area contributed by atoms with Crippen LogP contribution in [0.3, 0.4) is 0 Å². The Morgan fingerprint density at radius 1 is 1.33 bits per heavy atom. The van der Waals surface area contributed by atoms with Gasteiger partial charge < -0.3 is 10.2 Å². The van der Waals surface area contributed by atoms with Gasteiger partial charge in [0.25, 0.3) is 5.95 Å². The van der Waals surface area contributed by atoms with E-state index in [-0.39, 0.29) is 6.03 Å². The summed E-state index contributed by atoms with van der Waals surface area (Å²) in [6.45, 7) is 2.05. The lowest BCUT2D eigenvalue weighted by Crippen LogP contribution is -2.32. The lowest BCUT2D eigenvalue weighted by molar-refractivity contribution is 0.251. The Morgan fingerprint density at radius 3 is 2.95 bits per heavy atom. The van der Waals surface area contributed by atoms with Gasteiger partial charge in [0.1, 0.15) is 0 Å². The highest BCUT2D eigenvalue weighted by Gasteiger charge is 2.29. The van der Waals surface area contributed by atoms with Crippen LogP contribution in [-0.4, -0.2) is 67.3 Å². The second-order valence-corrected chi connectivity index (χ2v) is 5.68. The van der Waals surface area contributed by atoms with Crippen LogP contribution in [-0.2, 0) is 0 Å². The van der Waals surface area contributed by atoms with Crippen molar-refractivity contribution in [2.45, 2.75) is 0 Å². The van der Waals surface area contributed by atoms with Gasteiger partial charge in [-0.25, -0.2) is 4.79 Å². The van der Waals surface area contributed by atoms with Crippen LogP contribution in [0.25, 0.3) is 0 Å². The average Bonchev–Trinajstić information content (AvgIpc) is 3.26. The predicted octanol–water partition coefficient (Wildman–Crippen LogP) is -0.779. The molecule has 0 saturated carbocycles. The van der Waals surface area contributed by atoms with Crippen LogP contribution in [0.2, 0.25) is 0 Å². The molecular formula is C10H13N9OS. The third-order valence-electron chi connectivity index (χ3n) is 3.30. The van der Waals surface area contributed by atoms with Crippen LogP contribution in [0.4, 0.5) is 16.7 Å². The third kappa shape index (κ3) is 2.09. The maximum Gasteiger partial charge on any atom is 0.324 e. The Kier molecular flexibility index (Phi) is 2.91. The molecule has 11 heteroatoms. The number of nitrogens with zero attached hydrogens (tertiary/aromatic N) is 8. The zero-order valence-corrected chi connectivity index (χ0v) is 11.9. The highest BCUT2D eigenvalue weighted by atomic mass is 32.2. The van der Waals surface area contributed by atoms with Crippen LogP contribution in [0.15, 0.2) is 12.4 Å². The van der Waals surface area contributed by atoms with Crippen molar-refractivity contribution in [1.29, 1.82) is 0 Å². The quantitative estimate of drug-likeness (QED) is 0.794. The SMILES string of the molecule is O=C1NCCN1c1nc(N2CCSC2)nn1-n1ccnn1. The molecule has 2 fully saturated rings. The smallest absolute Gasteiger partial charge is 0.324 e. The van der Waals surface area contributed by atoms with Crippen molar-refractivity contribution in [3.8, 4) is 0 Å². The Hall–Kier alpha value is -2.30. The molecule has 4 heterocycles. The van der Waals surface area contributed by atoms with Crippen molar-refractivity contribution in [3.05, 3.63) is 12.4 Å². The normalized spacial score (nSPS) is 18.6. The highest BCUT2D eigenvalue weighted by Crippen LogP contribution is 2.23. The Bertz CT molecular complexity index is 648. The molecule has 0 spiro atoms. The van der Waals surface area contributed by atoms with Gasteiger partial charge in [-0.3, -0.25) is 4.90 Å². The molecule has 0 radical (unpaired) electrons.